The number of hydrogen-bond donors (Lipinski definition) is 0. The monoisotopic (exact) mass is 882 g/mol. The lowest BCUT2D eigenvalue weighted by Crippen LogP contribution is -2.32. The molecule has 0 unspecified atom stereocenters. The smallest absolute Gasteiger partial charge is 0.0742 e. The molecular formula is C65H42N2S. The van der Waals surface area contributed by atoms with Crippen LogP contribution in [0.4, 0.5) is 17.1 Å². The molecule has 0 saturated heterocycles. The van der Waals surface area contributed by atoms with Crippen molar-refractivity contribution in [3.05, 3.63) is 277 Å². The summed E-state index contributed by atoms with van der Waals surface area (Å²) in [7, 11) is 0. The number of aromatic nitrogens is 1. The normalized spacial score (nSPS) is 13.1. The van der Waals surface area contributed by atoms with Crippen molar-refractivity contribution in [1.82, 2.24) is 4.57 Å². The van der Waals surface area contributed by atoms with Crippen molar-refractivity contribution in [1.29, 1.82) is 0 Å². The number of nitrogens with zero attached hydrogens (tertiary/aromatic N) is 2. The van der Waals surface area contributed by atoms with Crippen molar-refractivity contribution in [3.63, 3.8) is 0 Å². The molecule has 14 rings (SSSR count). The lowest BCUT2D eigenvalue weighted by Gasteiger charge is -2.40. The van der Waals surface area contributed by atoms with E-state index in [2.05, 4.69) is 264 Å². The van der Waals surface area contributed by atoms with Crippen molar-refractivity contribution >= 4 is 61.4 Å². The molecule has 2 heterocycles. The molecule has 0 fully saturated rings. The lowest BCUT2D eigenvalue weighted by molar-refractivity contribution is 0.728. The highest BCUT2D eigenvalue weighted by Crippen LogP contribution is 2.64. The van der Waals surface area contributed by atoms with Gasteiger partial charge < -0.3 is 9.47 Å². The fourth-order valence-corrected chi connectivity index (χ4v) is 12.8. The third-order valence-corrected chi connectivity index (χ3v) is 15.6. The predicted octanol–water partition coefficient (Wildman–Crippen LogP) is 17.6. The molecule has 0 amide bonds. The van der Waals surface area contributed by atoms with Crippen LogP contribution in [0.2, 0.25) is 0 Å². The third-order valence-electron chi connectivity index (χ3n) is 14.4. The Morgan fingerprint density at radius 2 is 0.956 bits per heavy atom. The van der Waals surface area contributed by atoms with E-state index in [0.717, 1.165) is 22.7 Å². The second kappa shape index (κ2) is 15.4. The molecule has 2 nitrogen and oxygen atoms in total. The molecule has 3 heteroatoms. The zero-order valence-corrected chi connectivity index (χ0v) is 37.9. The number of para-hydroxylation sites is 3. The quantitative estimate of drug-likeness (QED) is 0.164. The Bertz CT molecular complexity index is 3900. The minimum Gasteiger partial charge on any atom is -0.310 e. The Morgan fingerprint density at radius 1 is 0.353 bits per heavy atom. The van der Waals surface area contributed by atoms with Gasteiger partial charge in [-0.15, -0.1) is 0 Å². The zero-order valence-electron chi connectivity index (χ0n) is 37.1. The molecule has 11 aromatic carbocycles. The van der Waals surface area contributed by atoms with Crippen LogP contribution in [0.3, 0.4) is 0 Å². The molecule has 68 heavy (non-hydrogen) atoms. The number of benzene rings is 11. The van der Waals surface area contributed by atoms with Crippen LogP contribution in [-0.4, -0.2) is 4.57 Å². The lowest BCUT2D eigenvalue weighted by atomic mass is 9.66. The van der Waals surface area contributed by atoms with Crippen LogP contribution in [0.25, 0.3) is 71.6 Å². The molecule has 0 radical (unpaired) electrons. The summed E-state index contributed by atoms with van der Waals surface area (Å²) in [6, 6.07) is 94.4. The Morgan fingerprint density at radius 3 is 1.75 bits per heavy atom. The largest absolute Gasteiger partial charge is 0.310 e. The first-order chi connectivity index (χ1) is 33.7. The maximum Gasteiger partial charge on any atom is 0.0742 e. The first kappa shape index (κ1) is 38.9. The van der Waals surface area contributed by atoms with E-state index in [1.54, 1.807) is 0 Å². The summed E-state index contributed by atoms with van der Waals surface area (Å²) in [6.45, 7) is 0. The van der Waals surface area contributed by atoms with Crippen LogP contribution in [0.1, 0.15) is 22.3 Å². The molecular weight excluding hydrogens is 841 g/mol. The van der Waals surface area contributed by atoms with Crippen molar-refractivity contribution in [2.24, 2.45) is 0 Å². The van der Waals surface area contributed by atoms with Gasteiger partial charge in [-0.2, -0.15) is 0 Å². The van der Waals surface area contributed by atoms with E-state index < -0.39 is 5.41 Å². The summed E-state index contributed by atoms with van der Waals surface area (Å²) in [5.41, 5.74) is 19.0. The van der Waals surface area contributed by atoms with E-state index in [1.807, 2.05) is 11.8 Å². The van der Waals surface area contributed by atoms with Crippen LogP contribution in [0, 0.1) is 0 Å². The average molecular weight is 883 g/mol. The molecule has 0 N–H and O–H groups in total. The predicted molar refractivity (Wildman–Crippen MR) is 285 cm³/mol. The molecule has 0 bridgehead atoms. The van der Waals surface area contributed by atoms with Crippen molar-refractivity contribution in [2.75, 3.05) is 4.90 Å². The van der Waals surface area contributed by atoms with Gasteiger partial charge in [0.15, 0.2) is 0 Å². The summed E-state index contributed by atoms with van der Waals surface area (Å²) in [5.74, 6) is 0. The molecule has 318 valence electrons. The van der Waals surface area contributed by atoms with E-state index in [-0.39, 0.29) is 0 Å². The summed E-state index contributed by atoms with van der Waals surface area (Å²) in [6.07, 6.45) is 0. The van der Waals surface area contributed by atoms with Crippen LogP contribution in [0.5, 0.6) is 0 Å². The average Bonchev–Trinajstić information content (AvgIpc) is 3.90. The molecule has 1 aliphatic carbocycles. The van der Waals surface area contributed by atoms with Crippen molar-refractivity contribution in [3.8, 4) is 39.1 Å². The van der Waals surface area contributed by atoms with Gasteiger partial charge in [0.05, 0.1) is 22.1 Å². The number of hydrogen-bond acceptors (Lipinski definition) is 2. The Balaban J connectivity index is 0.980. The highest BCUT2D eigenvalue weighted by Gasteiger charge is 2.51. The topological polar surface area (TPSA) is 8.17 Å². The first-order valence-electron chi connectivity index (χ1n) is 23.4. The first-order valence-corrected chi connectivity index (χ1v) is 24.2. The molecule has 0 atom stereocenters. The SMILES string of the molecule is c1ccc(-c2ccccc2N(c2ccc(-c3ccc4c(c3)c3ccccc3n4-c3ccccc3)cc2)c2ccc3c(c2)C2(c4ccccc4Sc4ccccc42)c2c-3ccc3ccccc23)cc1. The molecule has 12 aromatic rings. The summed E-state index contributed by atoms with van der Waals surface area (Å²) in [5, 5.41) is 5.05. The Kier molecular flexibility index (Phi) is 8.77. The Labute approximate surface area is 400 Å². The van der Waals surface area contributed by atoms with E-state index >= 15 is 0 Å². The zero-order chi connectivity index (χ0) is 44.8. The summed E-state index contributed by atoms with van der Waals surface area (Å²) in [4.78, 5) is 5.08. The fraction of sp³-hybridized carbons (Fsp3) is 0.0154. The highest BCUT2D eigenvalue weighted by atomic mass is 32.2. The van der Waals surface area contributed by atoms with Crippen molar-refractivity contribution < 1.29 is 0 Å². The molecule has 1 aliphatic heterocycles. The van der Waals surface area contributed by atoms with Crippen molar-refractivity contribution in [2.45, 2.75) is 15.2 Å². The van der Waals surface area contributed by atoms with Gasteiger partial charge in [-0.05, 0) is 134 Å². The molecule has 1 aromatic heterocycles. The standard InChI is InChI=1S/C65H42N2S/c1-3-17-44(18-4-1)50-22-9-13-27-59(50)66(48-35-31-43(32-36-48)46-34-40-61-55(41-46)53-24-10-14-28-60(53)67(61)47-20-5-2-6-21-47)49-37-39-52-54-38-33-45-19-7-8-23-51(45)64(54)65(58(52)42-49)56-25-11-15-29-62(56)68-63-30-16-12-26-57(63)65/h1-42H. The van der Waals surface area contributed by atoms with E-state index in [4.69, 9.17) is 0 Å². The van der Waals surface area contributed by atoms with E-state index in [0.29, 0.717) is 0 Å². The summed E-state index contributed by atoms with van der Waals surface area (Å²) >= 11 is 1.89. The van der Waals surface area contributed by atoms with Crippen LogP contribution >= 0.6 is 11.8 Å². The van der Waals surface area contributed by atoms with Gasteiger partial charge >= 0.3 is 0 Å². The van der Waals surface area contributed by atoms with Crippen LogP contribution in [0.15, 0.2) is 265 Å². The van der Waals surface area contributed by atoms with Crippen LogP contribution in [-0.2, 0) is 5.41 Å². The van der Waals surface area contributed by atoms with Gasteiger partial charge in [-0.1, -0.05) is 194 Å². The number of rotatable bonds is 6. The maximum atomic E-state index is 2.51. The van der Waals surface area contributed by atoms with Gasteiger partial charge in [-0.3, -0.25) is 0 Å². The van der Waals surface area contributed by atoms with E-state index in [1.165, 1.54) is 98.0 Å². The van der Waals surface area contributed by atoms with E-state index in [9.17, 15) is 0 Å². The molecule has 2 aliphatic rings. The fourth-order valence-electron chi connectivity index (χ4n) is 11.6. The van der Waals surface area contributed by atoms with Crippen LogP contribution < -0.4 is 4.90 Å². The molecule has 0 saturated carbocycles. The Hall–Kier alpha value is -8.37. The van der Waals surface area contributed by atoms with Gasteiger partial charge in [-0.25, -0.2) is 0 Å². The third kappa shape index (κ3) is 5.73. The van der Waals surface area contributed by atoms with Gasteiger partial charge in [0.1, 0.15) is 0 Å². The van der Waals surface area contributed by atoms with Gasteiger partial charge in [0.2, 0.25) is 0 Å². The molecule has 1 spiro atoms. The van der Waals surface area contributed by atoms with Gasteiger partial charge in [0.25, 0.3) is 0 Å². The maximum absolute atomic E-state index is 2.51. The highest BCUT2D eigenvalue weighted by molar-refractivity contribution is 7.99. The summed E-state index contributed by atoms with van der Waals surface area (Å²) < 4.78 is 2.38. The minimum absolute atomic E-state index is 0.545. The number of fused-ring (bicyclic) bond motifs is 14. The minimum atomic E-state index is -0.545. The second-order valence-electron chi connectivity index (χ2n) is 18.0. The van der Waals surface area contributed by atoms with Gasteiger partial charge in [0, 0.05) is 43.2 Å². The number of anilines is 3. The second-order valence-corrected chi connectivity index (χ2v) is 19.1.